The van der Waals surface area contributed by atoms with E-state index >= 15 is 0 Å². The number of nitrogens with zero attached hydrogens (tertiary/aromatic N) is 1. The highest BCUT2D eigenvalue weighted by Gasteiger charge is 2.10. The number of hydrogen-bond donors (Lipinski definition) is 1. The number of nitrogens with one attached hydrogen (secondary N) is 1. The van der Waals surface area contributed by atoms with Gasteiger partial charge in [0.15, 0.2) is 0 Å². The van der Waals surface area contributed by atoms with Crippen LogP contribution in [0.5, 0.6) is 0 Å². The van der Waals surface area contributed by atoms with E-state index in [9.17, 15) is 0 Å². The summed E-state index contributed by atoms with van der Waals surface area (Å²) in [6.45, 7) is 3.64. The smallest absolute Gasteiger partial charge is 0.208 e. The Morgan fingerprint density at radius 2 is 2.11 bits per heavy atom. The molecule has 1 heterocycles. The van der Waals surface area contributed by atoms with Crippen LogP contribution in [0, 0.1) is 0 Å². The van der Waals surface area contributed by atoms with E-state index in [0.29, 0.717) is 6.54 Å². The molecule has 0 bridgehead atoms. The molecule has 1 aliphatic rings. The lowest BCUT2D eigenvalue weighted by molar-refractivity contribution is 0.439. The van der Waals surface area contributed by atoms with E-state index in [1.165, 1.54) is 36.0 Å². The van der Waals surface area contributed by atoms with Gasteiger partial charge in [0.1, 0.15) is 5.76 Å². The van der Waals surface area contributed by atoms with Crippen LogP contribution in [-0.2, 0) is 32.4 Å². The van der Waals surface area contributed by atoms with Crippen molar-refractivity contribution >= 4 is 0 Å². The maximum Gasteiger partial charge on any atom is 0.208 e. The van der Waals surface area contributed by atoms with Crippen molar-refractivity contribution < 1.29 is 4.42 Å². The normalized spacial score (nSPS) is 13.7. The van der Waals surface area contributed by atoms with Gasteiger partial charge in [-0.05, 0) is 36.0 Å². The zero-order valence-electron chi connectivity index (χ0n) is 11.4. The van der Waals surface area contributed by atoms with Crippen molar-refractivity contribution in [3.63, 3.8) is 0 Å². The Morgan fingerprint density at radius 1 is 1.21 bits per heavy atom. The average Bonchev–Trinajstić information content (AvgIpc) is 3.06. The highest BCUT2D eigenvalue weighted by molar-refractivity contribution is 5.35. The molecule has 1 aromatic carbocycles. The fourth-order valence-corrected chi connectivity index (χ4v) is 2.64. The number of benzene rings is 1. The van der Waals surface area contributed by atoms with Gasteiger partial charge in [-0.25, -0.2) is 4.98 Å². The number of aryl methyl sites for hydroxylation is 3. The maximum atomic E-state index is 5.57. The second kappa shape index (κ2) is 5.57. The summed E-state index contributed by atoms with van der Waals surface area (Å²) in [7, 11) is 0. The minimum absolute atomic E-state index is 0.692. The Kier molecular flexibility index (Phi) is 3.65. The van der Waals surface area contributed by atoms with Gasteiger partial charge in [-0.15, -0.1) is 0 Å². The molecular weight excluding hydrogens is 236 g/mol. The summed E-state index contributed by atoms with van der Waals surface area (Å²) in [5, 5.41) is 3.39. The lowest BCUT2D eigenvalue weighted by Gasteiger charge is -2.05. The maximum absolute atomic E-state index is 5.57. The number of hydrogen-bond acceptors (Lipinski definition) is 3. The molecule has 1 aliphatic carbocycles. The summed E-state index contributed by atoms with van der Waals surface area (Å²) >= 11 is 0. The quantitative estimate of drug-likeness (QED) is 0.893. The van der Waals surface area contributed by atoms with Crippen LogP contribution in [0.25, 0.3) is 0 Å². The number of oxazole rings is 1. The zero-order chi connectivity index (χ0) is 13.1. The van der Waals surface area contributed by atoms with Crippen LogP contribution >= 0.6 is 0 Å². The van der Waals surface area contributed by atoms with Crippen LogP contribution in [-0.4, -0.2) is 4.98 Å². The predicted molar refractivity (Wildman–Crippen MR) is 74.9 cm³/mol. The van der Waals surface area contributed by atoms with Gasteiger partial charge < -0.3 is 9.73 Å². The topological polar surface area (TPSA) is 38.1 Å². The summed E-state index contributed by atoms with van der Waals surface area (Å²) < 4.78 is 5.57. The van der Waals surface area contributed by atoms with E-state index in [-0.39, 0.29) is 0 Å². The van der Waals surface area contributed by atoms with Crippen molar-refractivity contribution in [2.24, 2.45) is 0 Å². The highest BCUT2D eigenvalue weighted by Crippen LogP contribution is 2.22. The van der Waals surface area contributed by atoms with E-state index in [1.54, 1.807) is 0 Å². The van der Waals surface area contributed by atoms with Crippen LogP contribution in [0.3, 0.4) is 0 Å². The highest BCUT2D eigenvalue weighted by atomic mass is 16.4. The third-order valence-corrected chi connectivity index (χ3v) is 3.72. The monoisotopic (exact) mass is 256 g/mol. The van der Waals surface area contributed by atoms with Crippen LogP contribution in [0.2, 0.25) is 0 Å². The van der Waals surface area contributed by atoms with Crippen LogP contribution in [0.1, 0.15) is 41.7 Å². The SMILES string of the molecule is CCc1cnc(CNCc2ccc3c(c2)CCC3)o1. The Morgan fingerprint density at radius 3 is 2.95 bits per heavy atom. The molecule has 0 atom stereocenters. The van der Waals surface area contributed by atoms with Crippen molar-refractivity contribution in [2.45, 2.75) is 45.7 Å². The minimum atomic E-state index is 0.692. The molecule has 19 heavy (non-hydrogen) atoms. The Labute approximate surface area is 114 Å². The first-order chi connectivity index (χ1) is 9.35. The first-order valence-corrected chi connectivity index (χ1v) is 7.10. The Balaban J connectivity index is 1.54. The fourth-order valence-electron chi connectivity index (χ4n) is 2.64. The summed E-state index contributed by atoms with van der Waals surface area (Å²) in [5.74, 6) is 1.73. The van der Waals surface area contributed by atoms with Gasteiger partial charge in [0, 0.05) is 13.0 Å². The molecular formula is C16H20N2O. The van der Waals surface area contributed by atoms with Crippen LogP contribution in [0.15, 0.2) is 28.8 Å². The molecule has 0 aliphatic heterocycles. The number of aromatic nitrogens is 1. The molecule has 3 rings (SSSR count). The Bertz CT molecular complexity index is 560. The molecule has 3 heteroatoms. The summed E-state index contributed by atoms with van der Waals surface area (Å²) in [6, 6.07) is 6.84. The lowest BCUT2D eigenvalue weighted by atomic mass is 10.1. The van der Waals surface area contributed by atoms with Gasteiger partial charge >= 0.3 is 0 Å². The van der Waals surface area contributed by atoms with Crippen molar-refractivity contribution in [3.05, 3.63) is 52.7 Å². The molecule has 0 unspecified atom stereocenters. The molecule has 2 aromatic rings. The fraction of sp³-hybridized carbons (Fsp3) is 0.438. The first kappa shape index (κ1) is 12.4. The third-order valence-electron chi connectivity index (χ3n) is 3.72. The molecule has 0 saturated carbocycles. The minimum Gasteiger partial charge on any atom is -0.444 e. The second-order valence-corrected chi connectivity index (χ2v) is 5.13. The summed E-state index contributed by atoms with van der Waals surface area (Å²) in [5.41, 5.74) is 4.41. The molecule has 0 fully saturated rings. The van der Waals surface area contributed by atoms with Gasteiger partial charge in [-0.2, -0.15) is 0 Å². The molecule has 0 spiro atoms. The van der Waals surface area contributed by atoms with Crippen molar-refractivity contribution in [3.8, 4) is 0 Å². The summed E-state index contributed by atoms with van der Waals surface area (Å²) in [6.07, 6.45) is 6.51. The second-order valence-electron chi connectivity index (χ2n) is 5.13. The largest absolute Gasteiger partial charge is 0.444 e. The van der Waals surface area contributed by atoms with Crippen molar-refractivity contribution in [1.82, 2.24) is 10.3 Å². The molecule has 100 valence electrons. The first-order valence-electron chi connectivity index (χ1n) is 7.10. The van der Waals surface area contributed by atoms with E-state index in [0.717, 1.165) is 24.6 Å². The van der Waals surface area contributed by atoms with Gasteiger partial charge in [-0.1, -0.05) is 25.1 Å². The number of rotatable bonds is 5. The van der Waals surface area contributed by atoms with Crippen LogP contribution in [0.4, 0.5) is 0 Å². The van der Waals surface area contributed by atoms with Crippen LogP contribution < -0.4 is 5.32 Å². The molecule has 0 saturated heterocycles. The van der Waals surface area contributed by atoms with E-state index < -0.39 is 0 Å². The molecule has 0 radical (unpaired) electrons. The number of fused-ring (bicyclic) bond motifs is 1. The summed E-state index contributed by atoms with van der Waals surface area (Å²) in [4.78, 5) is 4.25. The molecule has 1 N–H and O–H groups in total. The van der Waals surface area contributed by atoms with Crippen molar-refractivity contribution in [1.29, 1.82) is 0 Å². The third kappa shape index (κ3) is 2.87. The van der Waals surface area contributed by atoms with E-state index in [2.05, 4.69) is 35.4 Å². The van der Waals surface area contributed by atoms with Gasteiger partial charge in [0.2, 0.25) is 5.89 Å². The van der Waals surface area contributed by atoms with E-state index in [4.69, 9.17) is 4.42 Å². The molecule has 0 amide bonds. The van der Waals surface area contributed by atoms with Crippen molar-refractivity contribution in [2.75, 3.05) is 0 Å². The standard InChI is InChI=1S/C16H20N2O/c1-2-15-10-18-16(19-15)11-17-9-12-6-7-13-4-3-5-14(13)8-12/h6-8,10,17H,2-5,9,11H2,1H3. The van der Waals surface area contributed by atoms with Gasteiger partial charge in [0.25, 0.3) is 0 Å². The zero-order valence-corrected chi connectivity index (χ0v) is 11.4. The molecule has 1 aromatic heterocycles. The average molecular weight is 256 g/mol. The lowest BCUT2D eigenvalue weighted by Crippen LogP contribution is -2.13. The molecule has 3 nitrogen and oxygen atoms in total. The predicted octanol–water partition coefficient (Wildman–Crippen LogP) is 3.02. The van der Waals surface area contributed by atoms with Gasteiger partial charge in [0.05, 0.1) is 12.7 Å². The van der Waals surface area contributed by atoms with Gasteiger partial charge in [-0.3, -0.25) is 0 Å². The Hall–Kier alpha value is -1.61. The van der Waals surface area contributed by atoms with E-state index in [1.807, 2.05) is 6.20 Å².